The van der Waals surface area contributed by atoms with Gasteiger partial charge in [-0.1, -0.05) is 17.4 Å². The first kappa shape index (κ1) is 12.7. The van der Waals surface area contributed by atoms with Crippen LogP contribution in [0.2, 0.25) is 0 Å². The van der Waals surface area contributed by atoms with Gasteiger partial charge in [-0.2, -0.15) is 0 Å². The molecule has 2 rings (SSSR count). The zero-order valence-electron chi connectivity index (χ0n) is 9.70. The molecule has 0 unspecified atom stereocenters. The van der Waals surface area contributed by atoms with Gasteiger partial charge in [-0.15, -0.1) is 0 Å². The number of aromatic nitrogens is 1. The SMILES string of the molecule is O=[N+]([O-])c1cc(CNCCc2ccccn2)cs1. The Balaban J connectivity index is 1.73. The molecule has 0 saturated heterocycles. The average molecular weight is 263 g/mol. The molecule has 0 aliphatic heterocycles. The summed E-state index contributed by atoms with van der Waals surface area (Å²) in [6.07, 6.45) is 2.63. The Hall–Kier alpha value is -1.79. The number of pyridine rings is 1. The number of thiophene rings is 1. The van der Waals surface area contributed by atoms with Crippen molar-refractivity contribution in [3.05, 3.63) is 57.2 Å². The molecule has 0 bridgehead atoms. The highest BCUT2D eigenvalue weighted by Crippen LogP contribution is 2.22. The third-order valence-corrected chi connectivity index (χ3v) is 3.36. The standard InChI is InChI=1S/C12H13N3O2S/c16-15(17)12-7-10(9-18-12)8-13-6-4-11-3-1-2-5-14-11/h1-3,5,7,9,13H,4,6,8H2. The van der Waals surface area contributed by atoms with Gasteiger partial charge in [0, 0.05) is 42.8 Å². The summed E-state index contributed by atoms with van der Waals surface area (Å²) < 4.78 is 0. The van der Waals surface area contributed by atoms with Gasteiger partial charge in [0.05, 0.1) is 4.92 Å². The molecule has 0 aliphatic carbocycles. The van der Waals surface area contributed by atoms with Crippen molar-refractivity contribution < 1.29 is 4.92 Å². The van der Waals surface area contributed by atoms with Crippen molar-refractivity contribution in [3.8, 4) is 0 Å². The molecule has 5 nitrogen and oxygen atoms in total. The van der Waals surface area contributed by atoms with Crippen LogP contribution < -0.4 is 5.32 Å². The van der Waals surface area contributed by atoms with E-state index in [1.807, 2.05) is 23.6 Å². The molecule has 0 amide bonds. The van der Waals surface area contributed by atoms with E-state index in [0.29, 0.717) is 6.54 Å². The fraction of sp³-hybridized carbons (Fsp3) is 0.250. The van der Waals surface area contributed by atoms with Crippen LogP contribution in [0, 0.1) is 10.1 Å². The highest BCUT2D eigenvalue weighted by molar-refractivity contribution is 7.13. The lowest BCUT2D eigenvalue weighted by Gasteiger charge is -2.02. The Morgan fingerprint density at radius 3 is 3.00 bits per heavy atom. The van der Waals surface area contributed by atoms with Crippen molar-refractivity contribution in [2.45, 2.75) is 13.0 Å². The van der Waals surface area contributed by atoms with Crippen LogP contribution in [0.5, 0.6) is 0 Å². The number of nitro groups is 1. The molecule has 2 aromatic rings. The zero-order valence-corrected chi connectivity index (χ0v) is 10.5. The second-order valence-electron chi connectivity index (χ2n) is 3.80. The highest BCUT2D eigenvalue weighted by atomic mass is 32.1. The van der Waals surface area contributed by atoms with Gasteiger partial charge in [0.15, 0.2) is 0 Å². The maximum absolute atomic E-state index is 10.5. The Morgan fingerprint density at radius 2 is 2.33 bits per heavy atom. The fourth-order valence-electron chi connectivity index (χ4n) is 1.55. The van der Waals surface area contributed by atoms with Gasteiger partial charge in [-0.3, -0.25) is 15.1 Å². The Morgan fingerprint density at radius 1 is 1.44 bits per heavy atom. The molecule has 0 saturated carbocycles. The maximum atomic E-state index is 10.5. The van der Waals surface area contributed by atoms with Gasteiger partial charge in [0.1, 0.15) is 0 Å². The predicted octanol–water partition coefficient (Wildman–Crippen LogP) is 2.38. The van der Waals surface area contributed by atoms with Gasteiger partial charge < -0.3 is 5.32 Å². The summed E-state index contributed by atoms with van der Waals surface area (Å²) in [6.45, 7) is 1.46. The van der Waals surface area contributed by atoms with E-state index in [1.165, 1.54) is 0 Å². The largest absolute Gasteiger partial charge is 0.324 e. The van der Waals surface area contributed by atoms with Crippen molar-refractivity contribution in [2.75, 3.05) is 6.54 Å². The number of rotatable bonds is 6. The van der Waals surface area contributed by atoms with E-state index in [9.17, 15) is 10.1 Å². The van der Waals surface area contributed by atoms with Crippen LogP contribution in [-0.4, -0.2) is 16.5 Å². The summed E-state index contributed by atoms with van der Waals surface area (Å²) in [5.74, 6) is 0. The minimum atomic E-state index is -0.359. The van der Waals surface area contributed by atoms with Crippen LogP contribution in [-0.2, 0) is 13.0 Å². The molecule has 2 aromatic heterocycles. The van der Waals surface area contributed by atoms with Crippen molar-refractivity contribution >= 4 is 16.3 Å². The van der Waals surface area contributed by atoms with E-state index in [4.69, 9.17) is 0 Å². The Kier molecular flexibility index (Phi) is 4.38. The molecular weight excluding hydrogens is 250 g/mol. The first-order chi connectivity index (χ1) is 8.75. The van der Waals surface area contributed by atoms with Gasteiger partial charge in [0.25, 0.3) is 0 Å². The maximum Gasteiger partial charge on any atom is 0.324 e. The third kappa shape index (κ3) is 3.61. The second kappa shape index (κ2) is 6.23. The van der Waals surface area contributed by atoms with Gasteiger partial charge in [-0.25, -0.2) is 0 Å². The van der Waals surface area contributed by atoms with Crippen LogP contribution in [0.15, 0.2) is 35.8 Å². The van der Waals surface area contributed by atoms with Gasteiger partial charge in [-0.05, 0) is 17.7 Å². The van der Waals surface area contributed by atoms with Gasteiger partial charge in [0.2, 0.25) is 0 Å². The second-order valence-corrected chi connectivity index (χ2v) is 4.69. The highest BCUT2D eigenvalue weighted by Gasteiger charge is 2.08. The molecular formula is C12H13N3O2S. The van der Waals surface area contributed by atoms with E-state index in [1.54, 1.807) is 12.3 Å². The summed E-state index contributed by atoms with van der Waals surface area (Å²) in [6, 6.07) is 7.45. The van der Waals surface area contributed by atoms with E-state index in [0.717, 1.165) is 35.6 Å². The molecule has 94 valence electrons. The first-order valence-corrected chi connectivity index (χ1v) is 6.46. The van der Waals surface area contributed by atoms with Crippen LogP contribution >= 0.6 is 11.3 Å². The summed E-state index contributed by atoms with van der Waals surface area (Å²) in [5, 5.41) is 15.8. The van der Waals surface area contributed by atoms with Crippen molar-refractivity contribution in [1.82, 2.24) is 10.3 Å². The van der Waals surface area contributed by atoms with Crippen molar-refractivity contribution in [1.29, 1.82) is 0 Å². The molecule has 6 heteroatoms. The van der Waals surface area contributed by atoms with E-state index in [2.05, 4.69) is 10.3 Å². The van der Waals surface area contributed by atoms with E-state index < -0.39 is 0 Å². The fourth-order valence-corrected chi connectivity index (χ4v) is 2.28. The van der Waals surface area contributed by atoms with Crippen LogP contribution in [0.1, 0.15) is 11.3 Å². The number of nitrogens with zero attached hydrogens (tertiary/aromatic N) is 2. The summed E-state index contributed by atoms with van der Waals surface area (Å²) in [7, 11) is 0. The van der Waals surface area contributed by atoms with Crippen LogP contribution in [0.4, 0.5) is 5.00 Å². The Bertz CT molecular complexity index is 513. The smallest absolute Gasteiger partial charge is 0.312 e. The minimum Gasteiger partial charge on any atom is -0.312 e. The molecule has 18 heavy (non-hydrogen) atoms. The molecule has 0 fully saturated rings. The monoisotopic (exact) mass is 263 g/mol. The van der Waals surface area contributed by atoms with Crippen LogP contribution in [0.25, 0.3) is 0 Å². The lowest BCUT2D eigenvalue weighted by Crippen LogP contribution is -2.16. The zero-order chi connectivity index (χ0) is 12.8. The van der Waals surface area contributed by atoms with E-state index in [-0.39, 0.29) is 9.92 Å². The third-order valence-electron chi connectivity index (χ3n) is 2.43. The Labute approximate surface area is 109 Å². The first-order valence-electron chi connectivity index (χ1n) is 5.58. The van der Waals surface area contributed by atoms with Crippen LogP contribution in [0.3, 0.4) is 0 Å². The van der Waals surface area contributed by atoms with Crippen molar-refractivity contribution in [3.63, 3.8) is 0 Å². The number of hydrogen-bond donors (Lipinski definition) is 1. The number of hydrogen-bond acceptors (Lipinski definition) is 5. The molecule has 0 aromatic carbocycles. The average Bonchev–Trinajstić information content (AvgIpc) is 2.85. The molecule has 0 radical (unpaired) electrons. The summed E-state index contributed by atoms with van der Waals surface area (Å²) in [4.78, 5) is 14.4. The topological polar surface area (TPSA) is 68.1 Å². The predicted molar refractivity (Wildman–Crippen MR) is 70.6 cm³/mol. The molecule has 0 atom stereocenters. The lowest BCUT2D eigenvalue weighted by atomic mass is 10.2. The molecule has 1 N–H and O–H groups in total. The number of nitrogens with one attached hydrogen (secondary N) is 1. The van der Waals surface area contributed by atoms with E-state index >= 15 is 0 Å². The van der Waals surface area contributed by atoms with Crippen molar-refractivity contribution in [2.24, 2.45) is 0 Å². The molecule has 0 spiro atoms. The quantitative estimate of drug-likeness (QED) is 0.493. The summed E-state index contributed by atoms with van der Waals surface area (Å²) in [5.41, 5.74) is 1.99. The lowest BCUT2D eigenvalue weighted by molar-refractivity contribution is -0.380. The summed E-state index contributed by atoms with van der Waals surface area (Å²) >= 11 is 1.16. The molecule has 2 heterocycles. The molecule has 0 aliphatic rings. The normalized spacial score (nSPS) is 10.4. The minimum absolute atomic E-state index is 0.191. The van der Waals surface area contributed by atoms with Gasteiger partial charge >= 0.3 is 5.00 Å².